The van der Waals surface area contributed by atoms with Crippen LogP contribution >= 0.6 is 0 Å². The normalized spacial score (nSPS) is 30.0. The molecule has 0 radical (unpaired) electrons. The third-order valence-corrected chi connectivity index (χ3v) is 5.55. The van der Waals surface area contributed by atoms with Crippen LogP contribution in [0.1, 0.15) is 51.4 Å². The highest BCUT2D eigenvalue weighted by Gasteiger charge is 2.38. The lowest BCUT2D eigenvalue weighted by atomic mass is 9.96. The van der Waals surface area contributed by atoms with Crippen LogP contribution in [0.5, 0.6) is 0 Å². The largest absolute Gasteiger partial charge is 0.356 e. The van der Waals surface area contributed by atoms with Gasteiger partial charge in [0.2, 0.25) is 11.8 Å². The summed E-state index contributed by atoms with van der Waals surface area (Å²) in [5.74, 6) is 0.827. The van der Waals surface area contributed by atoms with E-state index in [1.165, 1.54) is 25.7 Å². The Kier molecular flexibility index (Phi) is 5.34. The van der Waals surface area contributed by atoms with E-state index in [1.54, 1.807) is 0 Å². The molecule has 0 aromatic heterocycles. The zero-order valence-electron chi connectivity index (χ0n) is 13.5. The molecule has 1 saturated carbocycles. The summed E-state index contributed by atoms with van der Waals surface area (Å²) in [5, 5.41) is 6.46. The molecule has 0 aromatic carbocycles. The lowest BCUT2D eigenvalue weighted by Gasteiger charge is -2.24. The number of nitrogens with zero attached hydrogens (tertiary/aromatic N) is 1. The predicted octanol–water partition coefficient (Wildman–Crippen LogP) is 1.28. The Bertz CT molecular complexity index is 401. The van der Waals surface area contributed by atoms with Crippen LogP contribution in [0.4, 0.5) is 0 Å². The van der Waals surface area contributed by atoms with Crippen molar-refractivity contribution in [3.8, 4) is 0 Å². The first-order valence-corrected chi connectivity index (χ1v) is 9.02. The van der Waals surface area contributed by atoms with Crippen molar-refractivity contribution in [2.45, 2.75) is 57.4 Å². The Morgan fingerprint density at radius 2 is 2.05 bits per heavy atom. The van der Waals surface area contributed by atoms with Crippen LogP contribution in [-0.4, -0.2) is 48.9 Å². The number of piperidine rings is 1. The minimum atomic E-state index is -0.127. The number of carbonyl (C=O) groups is 2. The fourth-order valence-corrected chi connectivity index (χ4v) is 4.19. The molecule has 0 aromatic rings. The van der Waals surface area contributed by atoms with E-state index in [1.807, 2.05) is 4.90 Å². The van der Waals surface area contributed by atoms with Crippen LogP contribution in [0.3, 0.4) is 0 Å². The minimum Gasteiger partial charge on any atom is -0.356 e. The third kappa shape index (κ3) is 3.80. The number of hydrogen-bond donors (Lipinski definition) is 2. The summed E-state index contributed by atoms with van der Waals surface area (Å²) in [6, 6.07) is 0.401. The lowest BCUT2D eigenvalue weighted by Crippen LogP contribution is -2.38. The molecular formula is C17H29N3O2. The van der Waals surface area contributed by atoms with Crippen molar-refractivity contribution in [3.63, 3.8) is 0 Å². The van der Waals surface area contributed by atoms with Crippen LogP contribution in [0.15, 0.2) is 0 Å². The van der Waals surface area contributed by atoms with E-state index in [0.29, 0.717) is 24.9 Å². The standard InChI is InChI=1S/C17H29N3O2/c21-16-10-14(12-20(16)15-5-1-2-6-15)17(22)19-9-7-13-4-3-8-18-11-13/h13-15,18H,1-12H2,(H,19,22). The maximum Gasteiger partial charge on any atom is 0.225 e. The quantitative estimate of drug-likeness (QED) is 0.804. The molecule has 2 unspecified atom stereocenters. The Labute approximate surface area is 133 Å². The molecule has 5 nitrogen and oxygen atoms in total. The Morgan fingerprint density at radius 3 is 2.77 bits per heavy atom. The second kappa shape index (κ2) is 7.44. The molecule has 2 atom stereocenters. The summed E-state index contributed by atoms with van der Waals surface area (Å²) < 4.78 is 0. The molecule has 2 heterocycles. The van der Waals surface area contributed by atoms with Gasteiger partial charge in [0.1, 0.15) is 0 Å². The van der Waals surface area contributed by atoms with Gasteiger partial charge in [0, 0.05) is 25.6 Å². The number of likely N-dealkylation sites (tertiary alicyclic amines) is 1. The first-order valence-electron chi connectivity index (χ1n) is 9.02. The SMILES string of the molecule is O=C(NCCC1CCCNC1)C1CC(=O)N(C2CCCC2)C1. The second-order valence-corrected chi connectivity index (χ2v) is 7.18. The zero-order valence-corrected chi connectivity index (χ0v) is 13.5. The Balaban J connectivity index is 1.39. The van der Waals surface area contributed by atoms with Gasteiger partial charge >= 0.3 is 0 Å². The topological polar surface area (TPSA) is 61.4 Å². The van der Waals surface area contributed by atoms with Crippen molar-refractivity contribution < 1.29 is 9.59 Å². The number of nitrogens with one attached hydrogen (secondary N) is 2. The van der Waals surface area contributed by atoms with E-state index in [9.17, 15) is 9.59 Å². The van der Waals surface area contributed by atoms with Crippen LogP contribution in [0.25, 0.3) is 0 Å². The number of hydrogen-bond acceptors (Lipinski definition) is 3. The maximum atomic E-state index is 12.3. The number of rotatable bonds is 5. The summed E-state index contributed by atoms with van der Waals surface area (Å²) >= 11 is 0. The van der Waals surface area contributed by atoms with E-state index in [2.05, 4.69) is 10.6 Å². The maximum absolute atomic E-state index is 12.3. The molecule has 2 amide bonds. The number of amides is 2. The van der Waals surface area contributed by atoms with E-state index < -0.39 is 0 Å². The molecule has 0 spiro atoms. The smallest absolute Gasteiger partial charge is 0.225 e. The molecule has 2 N–H and O–H groups in total. The molecule has 3 fully saturated rings. The van der Waals surface area contributed by atoms with Gasteiger partial charge in [-0.05, 0) is 51.1 Å². The van der Waals surface area contributed by atoms with Gasteiger partial charge in [0.05, 0.1) is 5.92 Å². The van der Waals surface area contributed by atoms with E-state index >= 15 is 0 Å². The molecule has 2 aliphatic heterocycles. The van der Waals surface area contributed by atoms with Crippen LogP contribution in [0.2, 0.25) is 0 Å². The van der Waals surface area contributed by atoms with Crippen molar-refractivity contribution in [2.75, 3.05) is 26.2 Å². The summed E-state index contributed by atoms with van der Waals surface area (Å²) in [7, 11) is 0. The van der Waals surface area contributed by atoms with Crippen molar-refractivity contribution >= 4 is 11.8 Å². The van der Waals surface area contributed by atoms with E-state index in [-0.39, 0.29) is 17.7 Å². The minimum absolute atomic E-state index is 0.0811. The zero-order chi connectivity index (χ0) is 15.4. The van der Waals surface area contributed by atoms with E-state index in [4.69, 9.17) is 0 Å². The molecule has 1 aliphatic carbocycles. The molecule has 5 heteroatoms. The fraction of sp³-hybridized carbons (Fsp3) is 0.882. The van der Waals surface area contributed by atoms with Gasteiger partial charge < -0.3 is 15.5 Å². The second-order valence-electron chi connectivity index (χ2n) is 7.18. The molecule has 3 aliphatic rings. The fourth-order valence-electron chi connectivity index (χ4n) is 4.19. The third-order valence-electron chi connectivity index (χ3n) is 5.55. The van der Waals surface area contributed by atoms with Gasteiger partial charge in [-0.1, -0.05) is 12.8 Å². The first kappa shape index (κ1) is 15.8. The Hall–Kier alpha value is -1.10. The average Bonchev–Trinajstić information content (AvgIpc) is 3.17. The first-order chi connectivity index (χ1) is 10.7. The highest BCUT2D eigenvalue weighted by Crippen LogP contribution is 2.29. The highest BCUT2D eigenvalue weighted by molar-refractivity contribution is 5.89. The van der Waals surface area contributed by atoms with Gasteiger partial charge in [-0.15, -0.1) is 0 Å². The molecule has 0 bridgehead atoms. The average molecular weight is 307 g/mol. The predicted molar refractivity (Wildman–Crippen MR) is 85.3 cm³/mol. The van der Waals surface area contributed by atoms with Gasteiger partial charge in [-0.2, -0.15) is 0 Å². The molecule has 2 saturated heterocycles. The van der Waals surface area contributed by atoms with Gasteiger partial charge in [0.25, 0.3) is 0 Å². The monoisotopic (exact) mass is 307 g/mol. The molecule has 124 valence electrons. The van der Waals surface area contributed by atoms with Crippen LogP contribution in [-0.2, 0) is 9.59 Å². The van der Waals surface area contributed by atoms with Gasteiger partial charge in [-0.3, -0.25) is 9.59 Å². The van der Waals surface area contributed by atoms with E-state index in [0.717, 1.165) is 38.9 Å². The van der Waals surface area contributed by atoms with Crippen LogP contribution < -0.4 is 10.6 Å². The van der Waals surface area contributed by atoms with Crippen molar-refractivity contribution in [3.05, 3.63) is 0 Å². The number of carbonyl (C=O) groups excluding carboxylic acids is 2. The van der Waals surface area contributed by atoms with Crippen molar-refractivity contribution in [2.24, 2.45) is 11.8 Å². The summed E-state index contributed by atoms with van der Waals surface area (Å²) in [6.45, 7) is 3.59. The highest BCUT2D eigenvalue weighted by atomic mass is 16.2. The van der Waals surface area contributed by atoms with Gasteiger partial charge in [0.15, 0.2) is 0 Å². The summed E-state index contributed by atoms with van der Waals surface area (Å²) in [4.78, 5) is 26.4. The summed E-state index contributed by atoms with van der Waals surface area (Å²) in [5.41, 5.74) is 0. The van der Waals surface area contributed by atoms with Crippen molar-refractivity contribution in [1.29, 1.82) is 0 Å². The van der Waals surface area contributed by atoms with Crippen LogP contribution in [0, 0.1) is 11.8 Å². The Morgan fingerprint density at radius 1 is 1.23 bits per heavy atom. The molecular weight excluding hydrogens is 278 g/mol. The van der Waals surface area contributed by atoms with Crippen molar-refractivity contribution in [1.82, 2.24) is 15.5 Å². The molecule has 3 rings (SSSR count). The lowest BCUT2D eigenvalue weighted by molar-refractivity contribution is -0.130. The summed E-state index contributed by atoms with van der Waals surface area (Å²) in [6.07, 6.45) is 8.65. The van der Waals surface area contributed by atoms with Gasteiger partial charge in [-0.25, -0.2) is 0 Å². The molecule has 22 heavy (non-hydrogen) atoms.